The van der Waals surface area contributed by atoms with Crippen molar-refractivity contribution in [1.82, 2.24) is 9.38 Å². The molecular weight excluding hydrogens is 322 g/mol. The van der Waals surface area contributed by atoms with Crippen molar-refractivity contribution in [3.63, 3.8) is 0 Å². The molecule has 130 valence electrons. The molecule has 2 bridgehead atoms. The third-order valence-electron chi connectivity index (χ3n) is 6.33. The quantitative estimate of drug-likeness (QED) is 0.784. The monoisotopic (exact) mass is 341 g/mol. The number of nitrogens with zero attached hydrogens (tertiary/aromatic N) is 3. The molecule has 0 aromatic carbocycles. The summed E-state index contributed by atoms with van der Waals surface area (Å²) in [5.41, 5.74) is 0.302. The molecule has 2 aromatic rings. The molecule has 0 aliphatic carbocycles. The van der Waals surface area contributed by atoms with Gasteiger partial charge in [-0.2, -0.15) is 0 Å². The maximum Gasteiger partial charge on any atom is 0.240 e. The van der Waals surface area contributed by atoms with Gasteiger partial charge in [-0.15, -0.1) is 0 Å². The minimum Gasteiger partial charge on any atom is -0.390 e. The predicted molar refractivity (Wildman–Crippen MR) is 87.9 cm³/mol. The van der Waals surface area contributed by atoms with Gasteiger partial charge < -0.3 is 14.2 Å². The Morgan fingerprint density at radius 3 is 2.72 bits per heavy atom. The van der Waals surface area contributed by atoms with Crippen LogP contribution in [0.1, 0.15) is 26.0 Å². The topological polar surface area (TPSA) is 84.1 Å². The summed E-state index contributed by atoms with van der Waals surface area (Å²) in [6.45, 7) is 5.43. The fourth-order valence-corrected chi connectivity index (χ4v) is 5.11. The summed E-state index contributed by atoms with van der Waals surface area (Å²) in [4.78, 5) is 31.9. The van der Waals surface area contributed by atoms with Crippen LogP contribution in [0.25, 0.3) is 5.65 Å². The average Bonchev–Trinajstić information content (AvgIpc) is 3.22. The van der Waals surface area contributed by atoms with Crippen molar-refractivity contribution < 1.29 is 19.4 Å². The van der Waals surface area contributed by atoms with Crippen LogP contribution >= 0.6 is 0 Å². The number of fused-ring (bicyclic) bond motifs is 6. The molecule has 2 amide bonds. The van der Waals surface area contributed by atoms with Gasteiger partial charge in [0.05, 0.1) is 29.2 Å². The standard InChI is InChI=1S/C18H19N3O4/c1-9-10(4-5-12-19-6-7-20(9)12)21-15(23)13-14(16(21)24)18(3)11(22)8-17(13,2)25-18/h4-7,11,13-14,22H,8H2,1-3H3/t11-,13+,14-,17?,18?/m0/s1. The lowest BCUT2D eigenvalue weighted by Gasteiger charge is -2.31. The van der Waals surface area contributed by atoms with Crippen LogP contribution in [0.5, 0.6) is 0 Å². The molecule has 3 aliphatic rings. The lowest BCUT2D eigenvalue weighted by atomic mass is 9.67. The summed E-state index contributed by atoms with van der Waals surface area (Å²) in [7, 11) is 0. The Bertz CT molecular complexity index is 953. The number of amides is 2. The summed E-state index contributed by atoms with van der Waals surface area (Å²) in [5.74, 6) is -1.73. The van der Waals surface area contributed by atoms with Crippen molar-refractivity contribution in [2.24, 2.45) is 11.8 Å². The Hall–Kier alpha value is -2.25. The molecule has 0 spiro atoms. The van der Waals surface area contributed by atoms with E-state index < -0.39 is 29.1 Å². The van der Waals surface area contributed by atoms with Gasteiger partial charge in [-0.05, 0) is 32.9 Å². The minimum atomic E-state index is -1.01. The summed E-state index contributed by atoms with van der Waals surface area (Å²) in [6.07, 6.45) is 3.12. The smallest absolute Gasteiger partial charge is 0.240 e. The van der Waals surface area contributed by atoms with Crippen molar-refractivity contribution >= 4 is 23.1 Å². The van der Waals surface area contributed by atoms with E-state index in [4.69, 9.17) is 4.74 Å². The lowest BCUT2D eigenvalue weighted by molar-refractivity contribution is -0.132. The van der Waals surface area contributed by atoms with Gasteiger partial charge in [0, 0.05) is 24.5 Å². The number of aliphatic hydroxyl groups excluding tert-OH is 1. The van der Waals surface area contributed by atoms with Gasteiger partial charge in [0.2, 0.25) is 11.8 Å². The molecule has 7 heteroatoms. The van der Waals surface area contributed by atoms with Crippen molar-refractivity contribution in [1.29, 1.82) is 0 Å². The number of rotatable bonds is 1. The first-order valence-corrected chi connectivity index (χ1v) is 8.47. The summed E-state index contributed by atoms with van der Waals surface area (Å²) < 4.78 is 7.86. The van der Waals surface area contributed by atoms with Gasteiger partial charge in [-0.1, -0.05) is 0 Å². The lowest BCUT2D eigenvalue weighted by Crippen LogP contribution is -2.49. The van der Waals surface area contributed by atoms with Gasteiger partial charge >= 0.3 is 0 Å². The molecule has 2 aromatic heterocycles. The Kier molecular flexibility index (Phi) is 2.58. The van der Waals surface area contributed by atoms with E-state index in [1.165, 1.54) is 4.90 Å². The maximum atomic E-state index is 13.2. The predicted octanol–water partition coefficient (Wildman–Crippen LogP) is 1.06. The number of hydrogen-bond acceptors (Lipinski definition) is 5. The Morgan fingerprint density at radius 1 is 1.24 bits per heavy atom. The van der Waals surface area contributed by atoms with Crippen molar-refractivity contribution in [3.8, 4) is 0 Å². The molecule has 3 fully saturated rings. The van der Waals surface area contributed by atoms with E-state index in [9.17, 15) is 14.7 Å². The second-order valence-corrected chi connectivity index (χ2v) is 7.75. The molecule has 25 heavy (non-hydrogen) atoms. The third-order valence-corrected chi connectivity index (χ3v) is 6.33. The van der Waals surface area contributed by atoms with E-state index in [2.05, 4.69) is 4.98 Å². The number of aryl methyl sites for hydroxylation is 1. The molecule has 3 aliphatic heterocycles. The molecular formula is C18H19N3O4. The number of carbonyl (C=O) groups excluding carboxylic acids is 2. The number of aromatic nitrogens is 2. The number of pyridine rings is 1. The fraction of sp³-hybridized carbons (Fsp3) is 0.500. The largest absolute Gasteiger partial charge is 0.390 e. The number of hydrogen-bond donors (Lipinski definition) is 1. The molecule has 3 saturated heterocycles. The molecule has 5 atom stereocenters. The third kappa shape index (κ3) is 1.56. The van der Waals surface area contributed by atoms with Gasteiger partial charge in [-0.3, -0.25) is 9.59 Å². The van der Waals surface area contributed by atoms with Crippen molar-refractivity contribution in [3.05, 3.63) is 30.2 Å². The Labute approximate surface area is 144 Å². The molecule has 7 nitrogen and oxygen atoms in total. The normalized spacial score (nSPS) is 39.7. The van der Waals surface area contributed by atoms with Crippen LogP contribution in [0.15, 0.2) is 24.5 Å². The van der Waals surface area contributed by atoms with Crippen LogP contribution in [0.3, 0.4) is 0 Å². The van der Waals surface area contributed by atoms with E-state index >= 15 is 0 Å². The first-order chi connectivity index (χ1) is 11.8. The summed E-state index contributed by atoms with van der Waals surface area (Å²) in [6, 6.07) is 3.55. The van der Waals surface area contributed by atoms with Crippen LogP contribution in [0, 0.1) is 18.8 Å². The van der Waals surface area contributed by atoms with Crippen LogP contribution in [-0.4, -0.2) is 43.6 Å². The van der Waals surface area contributed by atoms with Crippen molar-refractivity contribution in [2.75, 3.05) is 4.90 Å². The van der Waals surface area contributed by atoms with Crippen molar-refractivity contribution in [2.45, 2.75) is 44.5 Å². The van der Waals surface area contributed by atoms with Gasteiger partial charge in [0.25, 0.3) is 0 Å². The van der Waals surface area contributed by atoms with Gasteiger partial charge in [0.1, 0.15) is 11.2 Å². The zero-order valence-electron chi connectivity index (χ0n) is 14.3. The molecule has 5 rings (SSSR count). The Morgan fingerprint density at radius 2 is 1.96 bits per heavy atom. The molecule has 0 saturated carbocycles. The molecule has 0 radical (unpaired) electrons. The van der Waals surface area contributed by atoms with Crippen LogP contribution < -0.4 is 4.90 Å². The van der Waals surface area contributed by atoms with E-state index in [0.29, 0.717) is 12.1 Å². The Balaban J connectivity index is 1.66. The van der Waals surface area contributed by atoms with Crippen LogP contribution in [0.2, 0.25) is 0 Å². The highest BCUT2D eigenvalue weighted by Gasteiger charge is 2.75. The zero-order valence-corrected chi connectivity index (χ0v) is 14.3. The van der Waals surface area contributed by atoms with Crippen LogP contribution in [-0.2, 0) is 14.3 Å². The highest BCUT2D eigenvalue weighted by atomic mass is 16.6. The molecule has 2 unspecified atom stereocenters. The number of imidazole rings is 1. The maximum absolute atomic E-state index is 13.2. The van der Waals surface area contributed by atoms with Crippen LogP contribution in [0.4, 0.5) is 5.69 Å². The SMILES string of the molecule is Cc1c(N2C(=O)[C@@H]3[C@H](C2=O)C2(C)C[C@H](O)C3(C)O2)ccc2nccn12. The average molecular weight is 341 g/mol. The van der Waals surface area contributed by atoms with E-state index in [-0.39, 0.29) is 11.8 Å². The first-order valence-electron chi connectivity index (χ1n) is 8.47. The highest BCUT2D eigenvalue weighted by molar-refractivity contribution is 6.23. The number of anilines is 1. The van der Waals surface area contributed by atoms with E-state index in [1.807, 2.05) is 18.2 Å². The number of carbonyl (C=O) groups is 2. The minimum absolute atomic E-state index is 0.240. The van der Waals surface area contributed by atoms with Gasteiger partial charge in [-0.25, -0.2) is 9.88 Å². The number of aliphatic hydroxyl groups is 1. The zero-order chi connectivity index (χ0) is 17.7. The highest BCUT2D eigenvalue weighted by Crippen LogP contribution is 2.61. The summed E-state index contributed by atoms with van der Waals surface area (Å²) >= 11 is 0. The molecule has 1 N–H and O–H groups in total. The molecule has 5 heterocycles. The summed E-state index contributed by atoms with van der Waals surface area (Å²) in [5, 5.41) is 10.4. The second kappa shape index (κ2) is 4.28. The van der Waals surface area contributed by atoms with E-state index in [1.54, 1.807) is 31.5 Å². The van der Waals surface area contributed by atoms with E-state index in [0.717, 1.165) is 11.3 Å². The number of imide groups is 1. The number of ether oxygens (including phenoxy) is 1. The fourth-order valence-electron chi connectivity index (χ4n) is 5.11. The van der Waals surface area contributed by atoms with Gasteiger partial charge in [0.15, 0.2) is 0 Å². The second-order valence-electron chi connectivity index (χ2n) is 7.75. The first kappa shape index (κ1) is 15.0.